The van der Waals surface area contributed by atoms with Gasteiger partial charge in [0.1, 0.15) is 24.4 Å². The van der Waals surface area contributed by atoms with Gasteiger partial charge in [-0.15, -0.1) is 0 Å². The van der Waals surface area contributed by atoms with Crippen LogP contribution in [0.3, 0.4) is 0 Å². The van der Waals surface area contributed by atoms with Gasteiger partial charge in [0.15, 0.2) is 17.9 Å². The van der Waals surface area contributed by atoms with Crippen LogP contribution in [0.25, 0.3) is 0 Å². The molecule has 0 amide bonds. The summed E-state index contributed by atoms with van der Waals surface area (Å²) in [7, 11) is 0. The maximum Gasteiger partial charge on any atom is 0.190 e. The molecule has 0 N–H and O–H groups in total. The van der Waals surface area contributed by atoms with E-state index in [1.165, 1.54) is 25.7 Å². The second-order valence-corrected chi connectivity index (χ2v) is 9.23. The smallest absolute Gasteiger partial charge is 0.190 e. The van der Waals surface area contributed by atoms with Crippen LogP contribution < -0.4 is 0 Å². The van der Waals surface area contributed by atoms with Gasteiger partial charge in [0, 0.05) is 25.7 Å². The third-order valence-electron chi connectivity index (χ3n) is 6.79. The van der Waals surface area contributed by atoms with Gasteiger partial charge in [-0.25, -0.2) is 0 Å². The van der Waals surface area contributed by atoms with E-state index in [-0.39, 0.29) is 36.8 Å². The van der Waals surface area contributed by atoms with E-state index in [4.69, 9.17) is 28.4 Å². The van der Waals surface area contributed by atoms with Crippen molar-refractivity contribution in [3.8, 4) is 0 Å². The van der Waals surface area contributed by atoms with Gasteiger partial charge in [0.25, 0.3) is 0 Å². The van der Waals surface area contributed by atoms with Crippen molar-refractivity contribution < 1.29 is 28.4 Å². The molecule has 0 bridgehead atoms. The molecule has 6 heteroatoms. The largest absolute Gasteiger partial charge is 0.370 e. The van der Waals surface area contributed by atoms with Crippen LogP contribution in [-0.2, 0) is 28.4 Å². The van der Waals surface area contributed by atoms with Crippen molar-refractivity contribution in [2.24, 2.45) is 0 Å². The second kappa shape index (κ2) is 7.22. The molecule has 3 saturated heterocycles. The molecule has 3 heterocycles. The third-order valence-corrected chi connectivity index (χ3v) is 6.79. The molecule has 0 aromatic carbocycles. The van der Waals surface area contributed by atoms with Crippen molar-refractivity contribution in [2.45, 2.75) is 126 Å². The molecule has 0 aromatic rings. The van der Waals surface area contributed by atoms with Gasteiger partial charge in [-0.05, 0) is 39.5 Å². The standard InChI is InChI=1S/C21H34O6/c1-14(2)23-17-16(15-13-22-20(25-15)9-5-3-6-10-20)24-19-18(17)26-21(27-19)11-7-4-8-12-21/h14-19H,3-13H2,1-2H3/t15-,16-,17+,18-,19-/m0/s1. The third kappa shape index (κ3) is 3.47. The molecule has 154 valence electrons. The molecule has 2 spiro atoms. The molecule has 5 rings (SSSR count). The predicted molar refractivity (Wildman–Crippen MR) is 97.1 cm³/mol. The summed E-state index contributed by atoms with van der Waals surface area (Å²) in [5, 5.41) is 0. The average Bonchev–Trinajstić information content (AvgIpc) is 3.29. The lowest BCUT2D eigenvalue weighted by Gasteiger charge is -2.36. The summed E-state index contributed by atoms with van der Waals surface area (Å²) < 4.78 is 38.1. The summed E-state index contributed by atoms with van der Waals surface area (Å²) >= 11 is 0. The summed E-state index contributed by atoms with van der Waals surface area (Å²) in [4.78, 5) is 0. The van der Waals surface area contributed by atoms with Gasteiger partial charge >= 0.3 is 0 Å². The number of hydrogen-bond donors (Lipinski definition) is 0. The first-order valence-electron chi connectivity index (χ1n) is 11.1. The molecule has 5 atom stereocenters. The summed E-state index contributed by atoms with van der Waals surface area (Å²) in [5.74, 6) is -0.868. The monoisotopic (exact) mass is 382 g/mol. The first-order chi connectivity index (χ1) is 13.1. The molecule has 3 aliphatic heterocycles. The molecule has 2 saturated carbocycles. The molecule has 0 radical (unpaired) electrons. The normalized spacial score (nSPS) is 43.0. The fourth-order valence-electron chi connectivity index (χ4n) is 5.54. The fraction of sp³-hybridized carbons (Fsp3) is 1.00. The quantitative estimate of drug-likeness (QED) is 0.743. The van der Waals surface area contributed by atoms with E-state index in [2.05, 4.69) is 13.8 Å². The lowest BCUT2D eigenvalue weighted by molar-refractivity contribution is -0.264. The highest BCUT2D eigenvalue weighted by Gasteiger charge is 2.61. The Balaban J connectivity index is 1.30. The highest BCUT2D eigenvalue weighted by Crippen LogP contribution is 2.48. The van der Waals surface area contributed by atoms with Crippen LogP contribution in [0.1, 0.15) is 78.1 Å². The van der Waals surface area contributed by atoms with Crippen LogP contribution in [0, 0.1) is 0 Å². The Hall–Kier alpha value is -0.240. The maximum absolute atomic E-state index is 6.49. The topological polar surface area (TPSA) is 55.4 Å². The molecule has 0 unspecified atom stereocenters. The van der Waals surface area contributed by atoms with E-state index in [0.29, 0.717) is 6.61 Å². The Morgan fingerprint density at radius 2 is 1.44 bits per heavy atom. The molecular formula is C21H34O6. The average molecular weight is 382 g/mol. The van der Waals surface area contributed by atoms with E-state index in [9.17, 15) is 0 Å². The fourth-order valence-corrected chi connectivity index (χ4v) is 5.54. The Kier molecular flexibility index (Phi) is 5.02. The van der Waals surface area contributed by atoms with Crippen molar-refractivity contribution in [1.82, 2.24) is 0 Å². The van der Waals surface area contributed by atoms with E-state index in [1.54, 1.807) is 0 Å². The lowest BCUT2D eigenvalue weighted by atomic mass is 9.94. The van der Waals surface area contributed by atoms with Crippen molar-refractivity contribution in [2.75, 3.05) is 6.61 Å². The SMILES string of the molecule is CC(C)O[C@H]1[C@@H]2OC3(CCCCC3)O[C@@H]2O[C@H]1[C@@H]1COC2(CCCCC2)O1. The Morgan fingerprint density at radius 1 is 0.778 bits per heavy atom. The van der Waals surface area contributed by atoms with Gasteiger partial charge in [-0.1, -0.05) is 12.8 Å². The summed E-state index contributed by atoms with van der Waals surface area (Å²) in [6.07, 6.45) is 10.1. The Labute approximate surface area is 162 Å². The molecule has 5 aliphatic rings. The molecule has 6 nitrogen and oxygen atoms in total. The summed E-state index contributed by atoms with van der Waals surface area (Å²) in [6, 6.07) is 0. The zero-order valence-corrected chi connectivity index (χ0v) is 16.7. The zero-order chi connectivity index (χ0) is 18.5. The number of hydrogen-bond acceptors (Lipinski definition) is 6. The van der Waals surface area contributed by atoms with Crippen LogP contribution in [0.15, 0.2) is 0 Å². The summed E-state index contributed by atoms with van der Waals surface area (Å²) in [6.45, 7) is 4.68. The van der Waals surface area contributed by atoms with Gasteiger partial charge in [-0.2, -0.15) is 0 Å². The van der Waals surface area contributed by atoms with Crippen molar-refractivity contribution in [1.29, 1.82) is 0 Å². The van der Waals surface area contributed by atoms with Gasteiger partial charge in [0.05, 0.1) is 12.7 Å². The molecule has 2 aliphatic carbocycles. The van der Waals surface area contributed by atoms with Crippen LogP contribution in [0.4, 0.5) is 0 Å². The van der Waals surface area contributed by atoms with Crippen molar-refractivity contribution >= 4 is 0 Å². The Bertz CT molecular complexity index is 525. The van der Waals surface area contributed by atoms with Gasteiger partial charge < -0.3 is 28.4 Å². The van der Waals surface area contributed by atoms with E-state index >= 15 is 0 Å². The molecule has 0 aromatic heterocycles. The van der Waals surface area contributed by atoms with E-state index in [0.717, 1.165) is 38.5 Å². The predicted octanol–water partition coefficient (Wildman–Crippen LogP) is 3.66. The van der Waals surface area contributed by atoms with Crippen LogP contribution in [0.2, 0.25) is 0 Å². The Morgan fingerprint density at radius 3 is 2.11 bits per heavy atom. The van der Waals surface area contributed by atoms with Crippen molar-refractivity contribution in [3.63, 3.8) is 0 Å². The van der Waals surface area contributed by atoms with Crippen LogP contribution >= 0.6 is 0 Å². The minimum absolute atomic E-state index is 0.0947. The number of fused-ring (bicyclic) bond motifs is 1. The number of rotatable bonds is 3. The van der Waals surface area contributed by atoms with Gasteiger partial charge in [-0.3, -0.25) is 0 Å². The van der Waals surface area contributed by atoms with Crippen molar-refractivity contribution in [3.05, 3.63) is 0 Å². The maximum atomic E-state index is 6.49. The summed E-state index contributed by atoms with van der Waals surface area (Å²) in [5.41, 5.74) is 0. The van der Waals surface area contributed by atoms with Gasteiger partial charge in [0.2, 0.25) is 0 Å². The van der Waals surface area contributed by atoms with Crippen LogP contribution in [-0.4, -0.2) is 55.0 Å². The lowest BCUT2D eigenvalue weighted by Crippen LogP contribution is -2.46. The molecule has 5 fully saturated rings. The number of ether oxygens (including phenoxy) is 6. The minimum Gasteiger partial charge on any atom is -0.370 e. The first-order valence-corrected chi connectivity index (χ1v) is 11.1. The van der Waals surface area contributed by atoms with Crippen LogP contribution in [0.5, 0.6) is 0 Å². The molecular weight excluding hydrogens is 348 g/mol. The highest BCUT2D eigenvalue weighted by molar-refractivity contribution is 5.01. The molecule has 27 heavy (non-hydrogen) atoms. The highest BCUT2D eigenvalue weighted by atomic mass is 16.9. The van der Waals surface area contributed by atoms with E-state index < -0.39 is 11.6 Å². The first kappa shape index (κ1) is 18.8. The second-order valence-electron chi connectivity index (χ2n) is 9.23. The minimum atomic E-state index is -0.464. The zero-order valence-electron chi connectivity index (χ0n) is 16.7. The van der Waals surface area contributed by atoms with E-state index in [1.807, 2.05) is 0 Å².